The minimum atomic E-state index is -0.426. The van der Waals surface area contributed by atoms with E-state index in [1.165, 1.54) is 7.11 Å². The number of aliphatic hydroxyl groups excluding tert-OH is 1. The van der Waals surface area contributed by atoms with E-state index in [1.54, 1.807) is 0 Å². The van der Waals surface area contributed by atoms with Gasteiger partial charge in [0.25, 0.3) is 0 Å². The summed E-state index contributed by atoms with van der Waals surface area (Å²) in [6.07, 6.45) is -0.426. The van der Waals surface area contributed by atoms with Gasteiger partial charge in [0, 0.05) is 0 Å². The minimum absolute atomic E-state index is 0.0602. The van der Waals surface area contributed by atoms with Gasteiger partial charge in [-0.3, -0.25) is 0 Å². The molecule has 0 spiro atoms. The molecule has 0 radical (unpaired) electrons. The third-order valence-corrected chi connectivity index (χ3v) is 1.32. The Bertz CT molecular complexity index is 88.3. The van der Waals surface area contributed by atoms with Crippen LogP contribution in [0, 0.1) is 0 Å². The third-order valence-electron chi connectivity index (χ3n) is 1.32. The van der Waals surface area contributed by atoms with Crippen LogP contribution in [0.1, 0.15) is 0 Å². The average molecular weight is 133 g/mol. The second kappa shape index (κ2) is 3.12. The van der Waals surface area contributed by atoms with Crippen molar-refractivity contribution in [3.8, 4) is 0 Å². The molecule has 1 saturated heterocycles. The first-order valence-electron chi connectivity index (χ1n) is 2.89. The largest absolute Gasteiger partial charge is 0.389 e. The maximum Gasteiger partial charge on any atom is 0.0971 e. The quantitative estimate of drug-likeness (QED) is 0.469. The van der Waals surface area contributed by atoms with E-state index < -0.39 is 6.10 Å². The summed E-state index contributed by atoms with van der Waals surface area (Å²) in [6, 6.07) is -0.0602. The predicted octanol–water partition coefficient (Wildman–Crippen LogP) is -1.10. The maximum absolute atomic E-state index is 9.05. The molecule has 0 aromatic rings. The molecule has 1 fully saturated rings. The average Bonchev–Trinajstić information content (AvgIpc) is 2.18. The zero-order valence-corrected chi connectivity index (χ0v) is 5.33. The van der Waals surface area contributed by atoms with Gasteiger partial charge >= 0.3 is 0 Å². The van der Waals surface area contributed by atoms with Crippen molar-refractivity contribution in [1.29, 1.82) is 0 Å². The molecule has 0 aromatic heterocycles. The zero-order valence-electron chi connectivity index (χ0n) is 5.33. The lowest BCUT2D eigenvalue weighted by atomic mass is 10.2. The predicted molar refractivity (Wildman–Crippen MR) is 30.8 cm³/mol. The Morgan fingerprint density at radius 3 is 2.89 bits per heavy atom. The van der Waals surface area contributed by atoms with Crippen LogP contribution in [-0.4, -0.2) is 37.6 Å². The Morgan fingerprint density at radius 1 is 1.67 bits per heavy atom. The van der Waals surface area contributed by atoms with Gasteiger partial charge in [-0.1, -0.05) is 0 Å². The van der Waals surface area contributed by atoms with Crippen molar-refractivity contribution in [2.45, 2.75) is 12.1 Å². The number of hydrogen-bond donors (Lipinski definition) is 2. The zero-order chi connectivity index (χ0) is 6.69. The fourth-order valence-electron chi connectivity index (χ4n) is 0.807. The second-order valence-corrected chi connectivity index (χ2v) is 2.03. The molecule has 0 saturated carbocycles. The van der Waals surface area contributed by atoms with Crippen molar-refractivity contribution in [3.05, 3.63) is 0 Å². The molecule has 4 heteroatoms. The monoisotopic (exact) mass is 133 g/mol. The molecule has 1 heterocycles. The molecule has 4 nitrogen and oxygen atoms in total. The number of rotatable bonds is 2. The van der Waals surface area contributed by atoms with E-state index in [4.69, 9.17) is 9.84 Å². The lowest BCUT2D eigenvalue weighted by molar-refractivity contribution is 0.0257. The van der Waals surface area contributed by atoms with Gasteiger partial charge in [0.1, 0.15) is 0 Å². The van der Waals surface area contributed by atoms with Crippen LogP contribution in [0.25, 0.3) is 0 Å². The van der Waals surface area contributed by atoms with Gasteiger partial charge in [0.05, 0.1) is 32.5 Å². The molecule has 54 valence electrons. The van der Waals surface area contributed by atoms with E-state index in [2.05, 4.69) is 10.3 Å². The maximum atomic E-state index is 9.05. The molecule has 9 heavy (non-hydrogen) atoms. The highest BCUT2D eigenvalue weighted by Gasteiger charge is 2.25. The molecule has 0 bridgehead atoms. The van der Waals surface area contributed by atoms with Crippen LogP contribution in [0.5, 0.6) is 0 Å². The van der Waals surface area contributed by atoms with E-state index in [-0.39, 0.29) is 6.04 Å². The smallest absolute Gasteiger partial charge is 0.0971 e. The highest BCUT2D eigenvalue weighted by atomic mass is 16.6. The Balaban J connectivity index is 2.22. The van der Waals surface area contributed by atoms with E-state index in [9.17, 15) is 0 Å². The Labute approximate surface area is 53.7 Å². The molecular weight excluding hydrogens is 122 g/mol. The van der Waals surface area contributed by atoms with Crippen LogP contribution in [0.4, 0.5) is 0 Å². The number of nitrogens with one attached hydrogen (secondary N) is 1. The first kappa shape index (κ1) is 6.95. The van der Waals surface area contributed by atoms with Gasteiger partial charge < -0.3 is 14.7 Å². The molecule has 2 N–H and O–H groups in total. The van der Waals surface area contributed by atoms with Crippen LogP contribution in [-0.2, 0) is 9.57 Å². The Hall–Kier alpha value is -0.160. The molecular formula is C5H11NO3. The topological polar surface area (TPSA) is 50.7 Å². The summed E-state index contributed by atoms with van der Waals surface area (Å²) in [5.41, 5.74) is 2.62. The summed E-state index contributed by atoms with van der Waals surface area (Å²) in [5.74, 6) is 0. The van der Waals surface area contributed by atoms with E-state index >= 15 is 0 Å². The van der Waals surface area contributed by atoms with E-state index in [1.807, 2.05) is 0 Å². The molecule has 1 rings (SSSR count). The van der Waals surface area contributed by atoms with E-state index in [0.29, 0.717) is 13.2 Å². The number of ether oxygens (including phenoxy) is 1. The summed E-state index contributed by atoms with van der Waals surface area (Å²) in [7, 11) is 1.52. The normalized spacial score (nSPS) is 35.3. The van der Waals surface area contributed by atoms with Crippen molar-refractivity contribution in [3.63, 3.8) is 0 Å². The molecule has 0 aromatic carbocycles. The summed E-state index contributed by atoms with van der Waals surface area (Å²) >= 11 is 0. The molecule has 2 unspecified atom stereocenters. The third kappa shape index (κ3) is 1.62. The lowest BCUT2D eigenvalue weighted by Crippen LogP contribution is -2.37. The summed E-state index contributed by atoms with van der Waals surface area (Å²) < 4.78 is 4.93. The van der Waals surface area contributed by atoms with Crippen molar-refractivity contribution in [2.75, 3.05) is 20.3 Å². The molecule has 1 aliphatic rings. The fourth-order valence-corrected chi connectivity index (χ4v) is 0.807. The van der Waals surface area contributed by atoms with Gasteiger partial charge in [-0.05, 0) is 0 Å². The molecule has 0 amide bonds. The van der Waals surface area contributed by atoms with E-state index in [0.717, 1.165) is 0 Å². The molecule has 1 aliphatic heterocycles. The fraction of sp³-hybridized carbons (Fsp3) is 1.00. The van der Waals surface area contributed by atoms with Crippen LogP contribution in [0.2, 0.25) is 0 Å². The molecule has 0 aliphatic carbocycles. The van der Waals surface area contributed by atoms with Crippen LogP contribution in [0.3, 0.4) is 0 Å². The minimum Gasteiger partial charge on any atom is -0.389 e. The van der Waals surface area contributed by atoms with Crippen molar-refractivity contribution in [2.24, 2.45) is 0 Å². The molecule has 2 atom stereocenters. The number of aliphatic hydroxyl groups is 1. The summed E-state index contributed by atoms with van der Waals surface area (Å²) in [6.45, 7) is 0.927. The standard InChI is InChI=1S/C5H11NO3/c1-8-6-4-2-9-3-5(4)7/h4-7H,2-3H2,1H3. The van der Waals surface area contributed by atoms with Crippen LogP contribution in [0.15, 0.2) is 0 Å². The number of hydroxylamine groups is 1. The second-order valence-electron chi connectivity index (χ2n) is 2.03. The van der Waals surface area contributed by atoms with Crippen molar-refractivity contribution in [1.82, 2.24) is 5.48 Å². The highest BCUT2D eigenvalue weighted by molar-refractivity contribution is 4.77. The van der Waals surface area contributed by atoms with Gasteiger partial charge in [0.15, 0.2) is 0 Å². The first-order chi connectivity index (χ1) is 4.34. The van der Waals surface area contributed by atoms with Gasteiger partial charge in [-0.25, -0.2) is 0 Å². The summed E-state index contributed by atoms with van der Waals surface area (Å²) in [4.78, 5) is 4.61. The summed E-state index contributed by atoms with van der Waals surface area (Å²) in [5, 5.41) is 9.05. The lowest BCUT2D eigenvalue weighted by Gasteiger charge is -2.10. The SMILES string of the molecule is CONC1COCC1O. The Morgan fingerprint density at radius 2 is 2.44 bits per heavy atom. The van der Waals surface area contributed by atoms with Gasteiger partial charge in [-0.2, -0.15) is 5.48 Å². The van der Waals surface area contributed by atoms with Gasteiger partial charge in [0.2, 0.25) is 0 Å². The van der Waals surface area contributed by atoms with Crippen LogP contribution >= 0.6 is 0 Å². The Kier molecular flexibility index (Phi) is 2.41. The van der Waals surface area contributed by atoms with Crippen LogP contribution < -0.4 is 5.48 Å². The van der Waals surface area contributed by atoms with Gasteiger partial charge in [-0.15, -0.1) is 0 Å². The first-order valence-corrected chi connectivity index (χ1v) is 2.89. The number of hydrogen-bond acceptors (Lipinski definition) is 4. The highest BCUT2D eigenvalue weighted by Crippen LogP contribution is 2.03. The van der Waals surface area contributed by atoms with Crippen molar-refractivity contribution < 1.29 is 14.7 Å². The van der Waals surface area contributed by atoms with Crippen molar-refractivity contribution >= 4 is 0 Å².